The quantitative estimate of drug-likeness (QED) is 0.340. The van der Waals surface area contributed by atoms with Gasteiger partial charge in [-0.2, -0.15) is 0 Å². The van der Waals surface area contributed by atoms with Gasteiger partial charge in [0.1, 0.15) is 11.6 Å². The summed E-state index contributed by atoms with van der Waals surface area (Å²) >= 11 is 1.64. The Bertz CT molecular complexity index is 719. The van der Waals surface area contributed by atoms with Gasteiger partial charge in [0.05, 0.1) is 17.2 Å². The van der Waals surface area contributed by atoms with Crippen LogP contribution in [0.25, 0.3) is 0 Å². The standard InChI is InChI=1S/C18H24F2N4S.HI/c1-4-21-18(23-10-15-11-25-17(24-15)12(2)3)22-8-7-13-9-14(19)5-6-16(13)20;/h5-6,9,11-12H,4,7-8,10H2,1-3H3,(H2,21,22,23);1H. The van der Waals surface area contributed by atoms with Gasteiger partial charge in [-0.15, -0.1) is 35.3 Å². The van der Waals surface area contributed by atoms with Gasteiger partial charge >= 0.3 is 0 Å². The molecule has 0 radical (unpaired) electrons. The number of nitrogens with one attached hydrogen (secondary N) is 2. The molecule has 0 bridgehead atoms. The maximum atomic E-state index is 13.6. The van der Waals surface area contributed by atoms with Crippen LogP contribution in [0.2, 0.25) is 0 Å². The van der Waals surface area contributed by atoms with Crippen molar-refractivity contribution in [2.75, 3.05) is 13.1 Å². The molecule has 0 aliphatic carbocycles. The molecule has 0 spiro atoms. The van der Waals surface area contributed by atoms with Gasteiger partial charge < -0.3 is 10.6 Å². The Morgan fingerprint density at radius 3 is 2.69 bits per heavy atom. The lowest BCUT2D eigenvalue weighted by Gasteiger charge is -2.11. The number of guanidine groups is 1. The molecule has 1 heterocycles. The van der Waals surface area contributed by atoms with Crippen LogP contribution in [0.15, 0.2) is 28.6 Å². The third-order valence-electron chi connectivity index (χ3n) is 3.50. The number of aliphatic imine (C=N–C) groups is 1. The molecular weight excluding hydrogens is 469 g/mol. The van der Waals surface area contributed by atoms with Crippen molar-refractivity contribution < 1.29 is 8.78 Å². The second-order valence-electron chi connectivity index (χ2n) is 5.94. The van der Waals surface area contributed by atoms with Crippen molar-refractivity contribution in [3.8, 4) is 0 Å². The number of rotatable bonds is 7. The highest BCUT2D eigenvalue weighted by atomic mass is 127. The van der Waals surface area contributed by atoms with Gasteiger partial charge in [0, 0.05) is 24.4 Å². The molecule has 8 heteroatoms. The largest absolute Gasteiger partial charge is 0.357 e. The lowest BCUT2D eigenvalue weighted by atomic mass is 10.1. The Morgan fingerprint density at radius 2 is 2.04 bits per heavy atom. The van der Waals surface area contributed by atoms with Crippen LogP contribution in [0.4, 0.5) is 8.78 Å². The topological polar surface area (TPSA) is 49.3 Å². The first-order chi connectivity index (χ1) is 12.0. The van der Waals surface area contributed by atoms with E-state index in [1.165, 1.54) is 6.07 Å². The molecule has 1 aromatic carbocycles. The van der Waals surface area contributed by atoms with Gasteiger partial charge in [-0.1, -0.05) is 13.8 Å². The fourth-order valence-corrected chi connectivity index (χ4v) is 3.04. The fraction of sp³-hybridized carbons (Fsp3) is 0.444. The Morgan fingerprint density at radius 1 is 1.27 bits per heavy atom. The first-order valence-corrected chi connectivity index (χ1v) is 9.28. The van der Waals surface area contributed by atoms with Gasteiger partial charge in [0.25, 0.3) is 0 Å². The fourth-order valence-electron chi connectivity index (χ4n) is 2.21. The molecule has 144 valence electrons. The van der Waals surface area contributed by atoms with E-state index < -0.39 is 11.6 Å². The number of aromatic nitrogens is 1. The third-order valence-corrected chi connectivity index (χ3v) is 4.70. The molecule has 0 saturated heterocycles. The molecule has 4 nitrogen and oxygen atoms in total. The van der Waals surface area contributed by atoms with Crippen LogP contribution in [0.5, 0.6) is 0 Å². The predicted octanol–water partition coefficient (Wildman–Crippen LogP) is 4.46. The van der Waals surface area contributed by atoms with Crippen LogP contribution in [-0.4, -0.2) is 24.0 Å². The van der Waals surface area contributed by atoms with Gasteiger partial charge in [-0.3, -0.25) is 0 Å². The summed E-state index contributed by atoms with van der Waals surface area (Å²) in [5.74, 6) is 0.226. The van der Waals surface area contributed by atoms with Crippen LogP contribution in [0.3, 0.4) is 0 Å². The van der Waals surface area contributed by atoms with Gasteiger partial charge in [0.2, 0.25) is 0 Å². The minimum absolute atomic E-state index is 0. The lowest BCUT2D eigenvalue weighted by Crippen LogP contribution is -2.38. The summed E-state index contributed by atoms with van der Waals surface area (Å²) in [5.41, 5.74) is 1.28. The second kappa shape index (κ2) is 11.4. The van der Waals surface area contributed by atoms with Gasteiger partial charge in [-0.25, -0.2) is 18.8 Å². The molecule has 26 heavy (non-hydrogen) atoms. The molecule has 0 fully saturated rings. The number of thiazole rings is 1. The van der Waals surface area contributed by atoms with E-state index in [0.29, 0.717) is 43.5 Å². The SMILES string of the molecule is CCNC(=NCc1csc(C(C)C)n1)NCCc1cc(F)ccc1F.I. The maximum Gasteiger partial charge on any atom is 0.191 e. The second-order valence-corrected chi connectivity index (χ2v) is 6.83. The first kappa shape index (κ1) is 22.8. The summed E-state index contributed by atoms with van der Waals surface area (Å²) in [7, 11) is 0. The molecule has 0 unspecified atom stereocenters. The lowest BCUT2D eigenvalue weighted by molar-refractivity contribution is 0.583. The molecule has 2 aromatic rings. The van der Waals surface area contributed by atoms with E-state index in [2.05, 4.69) is 34.5 Å². The Kier molecular flexibility index (Phi) is 10.0. The Labute approximate surface area is 174 Å². The summed E-state index contributed by atoms with van der Waals surface area (Å²) in [4.78, 5) is 9.05. The molecule has 0 aliphatic heterocycles. The van der Waals surface area contributed by atoms with Crippen molar-refractivity contribution in [1.82, 2.24) is 15.6 Å². The molecule has 0 aliphatic rings. The molecule has 2 N–H and O–H groups in total. The average Bonchev–Trinajstić information content (AvgIpc) is 3.05. The molecule has 1 aromatic heterocycles. The van der Waals surface area contributed by atoms with Crippen LogP contribution in [0, 0.1) is 11.6 Å². The zero-order chi connectivity index (χ0) is 18.2. The molecule has 0 amide bonds. The van der Waals surface area contributed by atoms with Crippen molar-refractivity contribution in [3.63, 3.8) is 0 Å². The number of benzene rings is 1. The van der Waals surface area contributed by atoms with Crippen molar-refractivity contribution in [1.29, 1.82) is 0 Å². The van der Waals surface area contributed by atoms with Crippen molar-refractivity contribution >= 4 is 41.3 Å². The smallest absolute Gasteiger partial charge is 0.191 e. The van der Waals surface area contributed by atoms with E-state index in [1.807, 2.05) is 12.3 Å². The summed E-state index contributed by atoms with van der Waals surface area (Å²) in [5, 5.41) is 9.40. The van der Waals surface area contributed by atoms with Crippen LogP contribution in [-0.2, 0) is 13.0 Å². The van der Waals surface area contributed by atoms with Crippen LogP contribution < -0.4 is 10.6 Å². The highest BCUT2D eigenvalue weighted by Gasteiger charge is 2.07. The van der Waals surface area contributed by atoms with Crippen LogP contribution >= 0.6 is 35.3 Å². The third kappa shape index (κ3) is 7.14. The summed E-state index contributed by atoms with van der Waals surface area (Å²) in [6.07, 6.45) is 0.377. The Hall–Kier alpha value is -1.29. The minimum Gasteiger partial charge on any atom is -0.357 e. The molecular formula is C18H25F2IN4S. The van der Waals surface area contributed by atoms with E-state index in [4.69, 9.17) is 0 Å². The average molecular weight is 494 g/mol. The van der Waals surface area contributed by atoms with E-state index in [1.54, 1.807) is 11.3 Å². The number of halogens is 3. The predicted molar refractivity (Wildman–Crippen MR) is 114 cm³/mol. The highest BCUT2D eigenvalue weighted by molar-refractivity contribution is 14.0. The van der Waals surface area contributed by atoms with Crippen molar-refractivity contribution in [3.05, 3.63) is 51.5 Å². The van der Waals surface area contributed by atoms with E-state index in [9.17, 15) is 8.78 Å². The van der Waals surface area contributed by atoms with Crippen molar-refractivity contribution in [2.45, 2.75) is 39.7 Å². The summed E-state index contributed by atoms with van der Waals surface area (Å²) in [6.45, 7) is 7.86. The van der Waals surface area contributed by atoms with Gasteiger partial charge in [-0.05, 0) is 37.1 Å². The monoisotopic (exact) mass is 494 g/mol. The van der Waals surface area contributed by atoms with E-state index in [0.717, 1.165) is 22.8 Å². The van der Waals surface area contributed by atoms with E-state index in [-0.39, 0.29) is 24.0 Å². The normalized spacial score (nSPS) is 11.4. The number of nitrogens with zero attached hydrogens (tertiary/aromatic N) is 2. The first-order valence-electron chi connectivity index (χ1n) is 8.40. The number of hydrogen-bond donors (Lipinski definition) is 2. The van der Waals surface area contributed by atoms with Crippen molar-refractivity contribution in [2.24, 2.45) is 4.99 Å². The number of hydrogen-bond acceptors (Lipinski definition) is 3. The summed E-state index contributed by atoms with van der Waals surface area (Å²) in [6, 6.07) is 3.50. The minimum atomic E-state index is -0.429. The molecule has 2 rings (SSSR count). The van der Waals surface area contributed by atoms with Gasteiger partial charge in [0.15, 0.2) is 5.96 Å². The maximum absolute atomic E-state index is 13.6. The molecule has 0 saturated carbocycles. The Balaban J connectivity index is 0.00000338. The van der Waals surface area contributed by atoms with Crippen LogP contribution in [0.1, 0.15) is 43.0 Å². The molecule has 0 atom stereocenters. The summed E-state index contributed by atoms with van der Waals surface area (Å²) < 4.78 is 26.8. The van der Waals surface area contributed by atoms with E-state index >= 15 is 0 Å². The highest BCUT2D eigenvalue weighted by Crippen LogP contribution is 2.19. The zero-order valence-electron chi connectivity index (χ0n) is 15.2. The zero-order valence-corrected chi connectivity index (χ0v) is 18.3.